The van der Waals surface area contributed by atoms with Crippen LogP contribution in [0.1, 0.15) is 40.5 Å². The molecule has 0 bridgehead atoms. The van der Waals surface area contributed by atoms with Gasteiger partial charge in [0, 0.05) is 0 Å². The van der Waals surface area contributed by atoms with Gasteiger partial charge in [0.25, 0.3) is 0 Å². The summed E-state index contributed by atoms with van der Waals surface area (Å²) in [5.74, 6) is -0.732. The third-order valence-electron chi connectivity index (χ3n) is 3.03. The van der Waals surface area contributed by atoms with Crippen molar-refractivity contribution in [3.63, 3.8) is 0 Å². The van der Waals surface area contributed by atoms with E-state index in [2.05, 4.69) is 0 Å². The normalized spacial score (nSPS) is 16.1. The highest BCUT2D eigenvalue weighted by Crippen LogP contribution is 2.29. The molecule has 2 nitrogen and oxygen atoms in total. The van der Waals surface area contributed by atoms with E-state index in [9.17, 15) is 9.90 Å². The second kappa shape index (κ2) is 8.14. The van der Waals surface area contributed by atoms with Crippen molar-refractivity contribution in [3.05, 3.63) is 24.3 Å². The van der Waals surface area contributed by atoms with E-state index in [4.69, 9.17) is 0 Å². The topological polar surface area (TPSA) is 37.3 Å². The van der Waals surface area contributed by atoms with Crippen LogP contribution in [0.2, 0.25) is 0 Å². The molecule has 0 aromatic heterocycles. The third-order valence-corrected chi connectivity index (χ3v) is 3.03. The van der Waals surface area contributed by atoms with Crippen LogP contribution in [-0.2, 0) is 4.79 Å². The molecule has 0 unspecified atom stereocenters. The van der Waals surface area contributed by atoms with Crippen molar-refractivity contribution in [1.29, 1.82) is 0 Å². The van der Waals surface area contributed by atoms with E-state index in [-0.39, 0.29) is 17.8 Å². The van der Waals surface area contributed by atoms with Gasteiger partial charge in [0.1, 0.15) is 0 Å². The molecule has 0 fully saturated rings. The highest BCUT2D eigenvalue weighted by molar-refractivity contribution is 5.71. The van der Waals surface area contributed by atoms with Gasteiger partial charge >= 0.3 is 5.97 Å². The Morgan fingerprint density at radius 1 is 1.06 bits per heavy atom. The summed E-state index contributed by atoms with van der Waals surface area (Å²) in [6.45, 7) is 7.97. The quantitative estimate of drug-likeness (QED) is 0.666. The SMILES string of the molecule is C/C=C/[C@@H](CC)C(C(=O)O)[C@@H](/C=C/C)CC. The third kappa shape index (κ3) is 4.21. The summed E-state index contributed by atoms with van der Waals surface area (Å²) in [5, 5.41) is 9.36. The van der Waals surface area contributed by atoms with Gasteiger partial charge in [-0.1, -0.05) is 38.2 Å². The molecule has 0 radical (unpaired) electrons. The highest BCUT2D eigenvalue weighted by Gasteiger charge is 2.30. The zero-order chi connectivity index (χ0) is 12.6. The Kier molecular flexibility index (Phi) is 7.61. The van der Waals surface area contributed by atoms with E-state index in [1.54, 1.807) is 0 Å². The van der Waals surface area contributed by atoms with E-state index in [1.165, 1.54) is 0 Å². The van der Waals surface area contributed by atoms with Crippen molar-refractivity contribution in [2.24, 2.45) is 17.8 Å². The minimum absolute atomic E-state index is 0.128. The number of carbonyl (C=O) groups is 1. The van der Waals surface area contributed by atoms with E-state index in [0.29, 0.717) is 0 Å². The van der Waals surface area contributed by atoms with Gasteiger partial charge in [-0.05, 0) is 38.5 Å². The van der Waals surface area contributed by atoms with Crippen LogP contribution in [0.3, 0.4) is 0 Å². The van der Waals surface area contributed by atoms with Gasteiger partial charge in [-0.25, -0.2) is 0 Å². The van der Waals surface area contributed by atoms with Gasteiger partial charge in [-0.3, -0.25) is 4.79 Å². The number of aliphatic carboxylic acids is 1. The Morgan fingerprint density at radius 2 is 1.44 bits per heavy atom. The van der Waals surface area contributed by atoms with Gasteiger partial charge in [-0.15, -0.1) is 0 Å². The maximum Gasteiger partial charge on any atom is 0.307 e. The number of rotatable bonds is 7. The first kappa shape index (κ1) is 14.9. The molecule has 0 rings (SSSR count). The van der Waals surface area contributed by atoms with Crippen LogP contribution in [0.5, 0.6) is 0 Å². The average Bonchev–Trinajstić information content (AvgIpc) is 2.26. The summed E-state index contributed by atoms with van der Waals surface area (Å²) in [6.07, 6.45) is 9.68. The predicted octanol–water partition coefficient (Wildman–Crippen LogP) is 3.89. The number of allylic oxidation sites excluding steroid dienone is 4. The van der Waals surface area contributed by atoms with Crippen LogP contribution in [0.4, 0.5) is 0 Å². The molecule has 92 valence electrons. The molecule has 1 N–H and O–H groups in total. The number of carboxylic acid groups (broad SMARTS) is 1. The minimum atomic E-state index is -0.685. The van der Waals surface area contributed by atoms with Crippen LogP contribution in [-0.4, -0.2) is 11.1 Å². The molecule has 0 saturated carbocycles. The number of hydrogen-bond donors (Lipinski definition) is 1. The van der Waals surface area contributed by atoms with Crippen LogP contribution >= 0.6 is 0 Å². The van der Waals surface area contributed by atoms with Crippen molar-refractivity contribution in [2.75, 3.05) is 0 Å². The lowest BCUT2D eigenvalue weighted by molar-refractivity contribution is -0.144. The maximum atomic E-state index is 11.4. The van der Waals surface area contributed by atoms with Gasteiger partial charge in [0.2, 0.25) is 0 Å². The lowest BCUT2D eigenvalue weighted by Crippen LogP contribution is -2.28. The first-order chi connectivity index (χ1) is 7.62. The molecular weight excluding hydrogens is 200 g/mol. The van der Waals surface area contributed by atoms with Crippen LogP contribution < -0.4 is 0 Å². The lowest BCUT2D eigenvalue weighted by atomic mass is 9.78. The molecule has 0 aliphatic carbocycles. The molecule has 0 aromatic rings. The van der Waals surface area contributed by atoms with Gasteiger partial charge in [-0.2, -0.15) is 0 Å². The number of carboxylic acids is 1. The molecule has 0 aliphatic heterocycles. The summed E-state index contributed by atoms with van der Waals surface area (Å²) in [4.78, 5) is 11.4. The molecule has 0 aromatic carbocycles. The average molecular weight is 224 g/mol. The largest absolute Gasteiger partial charge is 0.481 e. The second-order valence-electron chi connectivity index (χ2n) is 4.06. The van der Waals surface area contributed by atoms with Crippen molar-refractivity contribution >= 4 is 5.97 Å². The molecular formula is C14H24O2. The zero-order valence-electron chi connectivity index (χ0n) is 10.8. The van der Waals surface area contributed by atoms with Crippen molar-refractivity contribution in [2.45, 2.75) is 40.5 Å². The molecule has 2 heteroatoms. The Hall–Kier alpha value is -1.05. The smallest absolute Gasteiger partial charge is 0.307 e. The lowest BCUT2D eigenvalue weighted by Gasteiger charge is -2.25. The fourth-order valence-corrected chi connectivity index (χ4v) is 2.20. The molecule has 0 aliphatic rings. The summed E-state index contributed by atoms with van der Waals surface area (Å²) in [6, 6.07) is 0. The van der Waals surface area contributed by atoms with Crippen LogP contribution in [0.15, 0.2) is 24.3 Å². The summed E-state index contributed by atoms with van der Waals surface area (Å²) in [5.41, 5.74) is 0. The molecule has 0 spiro atoms. The van der Waals surface area contributed by atoms with E-state index >= 15 is 0 Å². The standard InChI is InChI=1S/C14H24O2/c1-5-9-11(7-3)13(14(15)16)12(8-4)10-6-2/h5-6,9-13H,7-8H2,1-4H3,(H,15,16)/b9-5+,10-6+/t11-,12-/m1/s1. The Balaban J connectivity index is 5.01. The van der Waals surface area contributed by atoms with Crippen LogP contribution in [0, 0.1) is 17.8 Å². The summed E-state index contributed by atoms with van der Waals surface area (Å²) >= 11 is 0. The van der Waals surface area contributed by atoms with Crippen molar-refractivity contribution < 1.29 is 9.90 Å². The zero-order valence-corrected chi connectivity index (χ0v) is 10.8. The van der Waals surface area contributed by atoms with Crippen molar-refractivity contribution in [1.82, 2.24) is 0 Å². The summed E-state index contributed by atoms with van der Waals surface area (Å²) < 4.78 is 0. The van der Waals surface area contributed by atoms with Gasteiger partial charge < -0.3 is 5.11 Å². The maximum absolute atomic E-state index is 11.4. The number of hydrogen-bond acceptors (Lipinski definition) is 1. The monoisotopic (exact) mass is 224 g/mol. The predicted molar refractivity (Wildman–Crippen MR) is 68.3 cm³/mol. The molecule has 16 heavy (non-hydrogen) atoms. The Morgan fingerprint density at radius 3 is 1.62 bits per heavy atom. The second-order valence-corrected chi connectivity index (χ2v) is 4.06. The first-order valence-corrected chi connectivity index (χ1v) is 6.10. The Bertz CT molecular complexity index is 233. The molecule has 0 saturated heterocycles. The molecule has 0 heterocycles. The fraction of sp³-hybridized carbons (Fsp3) is 0.643. The fourth-order valence-electron chi connectivity index (χ4n) is 2.20. The van der Waals surface area contributed by atoms with E-state index < -0.39 is 5.97 Å². The van der Waals surface area contributed by atoms with Crippen LogP contribution in [0.25, 0.3) is 0 Å². The molecule has 0 amide bonds. The first-order valence-electron chi connectivity index (χ1n) is 6.10. The minimum Gasteiger partial charge on any atom is -0.481 e. The Labute approximate surface area is 99.1 Å². The van der Waals surface area contributed by atoms with Crippen molar-refractivity contribution in [3.8, 4) is 0 Å². The van der Waals surface area contributed by atoms with E-state index in [1.807, 2.05) is 52.0 Å². The van der Waals surface area contributed by atoms with E-state index in [0.717, 1.165) is 12.8 Å². The molecule has 2 atom stereocenters. The van der Waals surface area contributed by atoms with Gasteiger partial charge in [0.05, 0.1) is 5.92 Å². The highest BCUT2D eigenvalue weighted by atomic mass is 16.4. The van der Waals surface area contributed by atoms with Gasteiger partial charge in [0.15, 0.2) is 0 Å². The summed E-state index contributed by atoms with van der Waals surface area (Å²) in [7, 11) is 0.